The Morgan fingerprint density at radius 1 is 1.14 bits per heavy atom. The molecular formula is C22H20F4N2O. The van der Waals surface area contributed by atoms with Crippen LogP contribution in [0.1, 0.15) is 30.9 Å². The first-order valence-electron chi connectivity index (χ1n) is 9.54. The third-order valence-corrected chi connectivity index (χ3v) is 5.30. The van der Waals surface area contributed by atoms with Gasteiger partial charge in [-0.15, -0.1) is 0 Å². The number of rotatable bonds is 5. The van der Waals surface area contributed by atoms with Gasteiger partial charge in [0.05, 0.1) is 16.8 Å². The van der Waals surface area contributed by atoms with Crippen LogP contribution in [0.15, 0.2) is 48.7 Å². The van der Waals surface area contributed by atoms with Crippen LogP contribution in [0.4, 0.5) is 17.6 Å². The number of carbonyl (C=O) groups excluding carboxylic acids is 1. The SMILES string of the molecule is CCN(Cc1cc(C(F)(F)F)ccc1-n1ccc2ccc(F)cc21)C(=O)C1CC1. The molecule has 1 aromatic heterocycles. The summed E-state index contributed by atoms with van der Waals surface area (Å²) in [5.41, 5.74) is 0.662. The first kappa shape index (κ1) is 19.5. The van der Waals surface area contributed by atoms with Gasteiger partial charge < -0.3 is 9.47 Å². The van der Waals surface area contributed by atoms with Crippen LogP contribution >= 0.6 is 0 Å². The van der Waals surface area contributed by atoms with Crippen molar-refractivity contribution >= 4 is 16.8 Å². The zero-order chi connectivity index (χ0) is 20.8. The fourth-order valence-corrected chi connectivity index (χ4v) is 3.57. The van der Waals surface area contributed by atoms with E-state index in [4.69, 9.17) is 0 Å². The average Bonchev–Trinajstić information content (AvgIpc) is 3.45. The Bertz CT molecular complexity index is 1070. The lowest BCUT2D eigenvalue weighted by Gasteiger charge is -2.24. The Balaban J connectivity index is 1.82. The van der Waals surface area contributed by atoms with Crippen LogP contribution in [-0.2, 0) is 17.5 Å². The van der Waals surface area contributed by atoms with E-state index in [0.29, 0.717) is 23.3 Å². The highest BCUT2D eigenvalue weighted by molar-refractivity contribution is 5.83. The van der Waals surface area contributed by atoms with Gasteiger partial charge in [-0.3, -0.25) is 4.79 Å². The summed E-state index contributed by atoms with van der Waals surface area (Å²) in [6.07, 6.45) is -1.14. The second kappa shape index (κ2) is 7.21. The quantitative estimate of drug-likeness (QED) is 0.512. The van der Waals surface area contributed by atoms with Gasteiger partial charge in [-0.2, -0.15) is 13.2 Å². The van der Waals surface area contributed by atoms with Gasteiger partial charge in [-0.1, -0.05) is 0 Å². The third kappa shape index (κ3) is 3.86. The number of carbonyl (C=O) groups is 1. The molecule has 0 N–H and O–H groups in total. The van der Waals surface area contributed by atoms with Crippen LogP contribution < -0.4 is 0 Å². The maximum atomic E-state index is 13.8. The van der Waals surface area contributed by atoms with Crippen molar-refractivity contribution in [1.82, 2.24) is 9.47 Å². The van der Waals surface area contributed by atoms with E-state index >= 15 is 0 Å². The zero-order valence-electron chi connectivity index (χ0n) is 15.8. The molecule has 0 bridgehead atoms. The van der Waals surface area contributed by atoms with Crippen molar-refractivity contribution in [2.45, 2.75) is 32.5 Å². The zero-order valence-corrected chi connectivity index (χ0v) is 15.8. The van der Waals surface area contributed by atoms with Gasteiger partial charge in [0.1, 0.15) is 5.82 Å². The van der Waals surface area contributed by atoms with Gasteiger partial charge in [0, 0.05) is 30.6 Å². The van der Waals surface area contributed by atoms with Crippen molar-refractivity contribution in [1.29, 1.82) is 0 Å². The molecule has 1 heterocycles. The molecule has 0 radical (unpaired) electrons. The molecule has 0 saturated heterocycles. The van der Waals surface area contributed by atoms with Crippen molar-refractivity contribution in [3.05, 3.63) is 65.6 Å². The van der Waals surface area contributed by atoms with E-state index in [2.05, 4.69) is 0 Å². The molecule has 4 rings (SSSR count). The summed E-state index contributed by atoms with van der Waals surface area (Å²) in [7, 11) is 0. The van der Waals surface area contributed by atoms with Crippen LogP contribution in [0, 0.1) is 11.7 Å². The lowest BCUT2D eigenvalue weighted by atomic mass is 10.1. The maximum absolute atomic E-state index is 13.8. The molecular weight excluding hydrogens is 384 g/mol. The van der Waals surface area contributed by atoms with E-state index in [1.165, 1.54) is 18.2 Å². The second-order valence-electron chi connectivity index (χ2n) is 7.36. The van der Waals surface area contributed by atoms with E-state index in [9.17, 15) is 22.4 Å². The minimum atomic E-state index is -4.49. The fourth-order valence-electron chi connectivity index (χ4n) is 3.57. The van der Waals surface area contributed by atoms with Crippen molar-refractivity contribution in [3.63, 3.8) is 0 Å². The Labute approximate surface area is 165 Å². The third-order valence-electron chi connectivity index (χ3n) is 5.30. The van der Waals surface area contributed by atoms with E-state index in [1.807, 2.05) is 6.92 Å². The van der Waals surface area contributed by atoms with Crippen molar-refractivity contribution in [3.8, 4) is 5.69 Å². The smallest absolute Gasteiger partial charge is 0.338 e. The molecule has 3 nitrogen and oxygen atoms in total. The van der Waals surface area contributed by atoms with Crippen LogP contribution in [0.3, 0.4) is 0 Å². The minimum Gasteiger partial charge on any atom is -0.338 e. The summed E-state index contributed by atoms with van der Waals surface area (Å²) in [4.78, 5) is 14.1. The molecule has 152 valence electrons. The van der Waals surface area contributed by atoms with Crippen LogP contribution in [0.5, 0.6) is 0 Å². The lowest BCUT2D eigenvalue weighted by molar-refractivity contribution is -0.137. The summed E-state index contributed by atoms with van der Waals surface area (Å²) < 4.78 is 55.4. The number of aromatic nitrogens is 1. The molecule has 1 fully saturated rings. The normalized spacial score (nSPS) is 14.4. The van der Waals surface area contributed by atoms with Gasteiger partial charge in [-0.25, -0.2) is 4.39 Å². The Kier molecular flexibility index (Phi) is 4.84. The number of fused-ring (bicyclic) bond motifs is 1. The molecule has 29 heavy (non-hydrogen) atoms. The topological polar surface area (TPSA) is 25.2 Å². The molecule has 0 unspecified atom stereocenters. The van der Waals surface area contributed by atoms with E-state index < -0.39 is 17.6 Å². The number of nitrogens with zero attached hydrogens (tertiary/aromatic N) is 2. The van der Waals surface area contributed by atoms with E-state index in [-0.39, 0.29) is 18.4 Å². The van der Waals surface area contributed by atoms with Crippen LogP contribution in [-0.4, -0.2) is 21.9 Å². The summed E-state index contributed by atoms with van der Waals surface area (Å²) in [6.45, 7) is 2.29. The molecule has 1 aliphatic rings. The number of alkyl halides is 3. The Hall–Kier alpha value is -2.83. The predicted octanol–water partition coefficient (Wildman–Crippen LogP) is 5.55. The summed E-state index contributed by atoms with van der Waals surface area (Å²) >= 11 is 0. The predicted molar refractivity (Wildman–Crippen MR) is 102 cm³/mol. The van der Waals surface area contributed by atoms with Gasteiger partial charge in [-0.05, 0) is 67.8 Å². The molecule has 0 atom stereocenters. The monoisotopic (exact) mass is 404 g/mol. The lowest BCUT2D eigenvalue weighted by Crippen LogP contribution is -2.32. The minimum absolute atomic E-state index is 0.0225. The molecule has 3 aromatic rings. The Morgan fingerprint density at radius 2 is 1.90 bits per heavy atom. The highest BCUT2D eigenvalue weighted by Crippen LogP contribution is 2.35. The molecule has 7 heteroatoms. The summed E-state index contributed by atoms with van der Waals surface area (Å²) in [6, 6.07) is 9.59. The van der Waals surface area contributed by atoms with Crippen molar-refractivity contribution in [2.75, 3.05) is 6.54 Å². The largest absolute Gasteiger partial charge is 0.416 e. The molecule has 0 aliphatic heterocycles. The van der Waals surface area contributed by atoms with Gasteiger partial charge >= 0.3 is 6.18 Å². The summed E-state index contributed by atoms with van der Waals surface area (Å²) in [5.74, 6) is -0.477. The van der Waals surface area contributed by atoms with Crippen LogP contribution in [0.2, 0.25) is 0 Å². The van der Waals surface area contributed by atoms with Crippen LogP contribution in [0.25, 0.3) is 16.6 Å². The second-order valence-corrected chi connectivity index (χ2v) is 7.36. The number of halogens is 4. The van der Waals surface area contributed by atoms with Gasteiger partial charge in [0.25, 0.3) is 0 Å². The van der Waals surface area contributed by atoms with Gasteiger partial charge in [0.15, 0.2) is 0 Å². The molecule has 1 aliphatic carbocycles. The fraction of sp³-hybridized carbons (Fsp3) is 0.318. The molecule has 1 saturated carbocycles. The van der Waals surface area contributed by atoms with Gasteiger partial charge in [0.2, 0.25) is 5.91 Å². The number of hydrogen-bond acceptors (Lipinski definition) is 1. The highest BCUT2D eigenvalue weighted by Gasteiger charge is 2.34. The summed E-state index contributed by atoms with van der Waals surface area (Å²) in [5, 5.41) is 0.777. The number of benzene rings is 2. The molecule has 2 aromatic carbocycles. The molecule has 0 spiro atoms. The van der Waals surface area contributed by atoms with E-state index in [1.54, 1.807) is 27.8 Å². The first-order valence-corrected chi connectivity index (χ1v) is 9.54. The standard InChI is InChI=1S/C22H20F4N2O/c1-2-27(21(29)15-3-4-15)13-16-11-17(22(24,25)26)6-8-19(16)28-10-9-14-5-7-18(23)12-20(14)28/h5-12,15H,2-4,13H2,1H3. The highest BCUT2D eigenvalue weighted by atomic mass is 19.4. The number of hydrogen-bond donors (Lipinski definition) is 0. The number of amides is 1. The average molecular weight is 404 g/mol. The first-order chi connectivity index (χ1) is 13.8. The molecule has 1 amide bonds. The van der Waals surface area contributed by atoms with Crippen molar-refractivity contribution in [2.24, 2.45) is 5.92 Å². The van der Waals surface area contributed by atoms with Crippen molar-refractivity contribution < 1.29 is 22.4 Å². The van der Waals surface area contributed by atoms with E-state index in [0.717, 1.165) is 30.4 Å². The maximum Gasteiger partial charge on any atom is 0.416 e. The Morgan fingerprint density at radius 3 is 2.55 bits per heavy atom.